The highest BCUT2D eigenvalue weighted by atomic mass is 19.1. The summed E-state index contributed by atoms with van der Waals surface area (Å²) in [5.41, 5.74) is 1.76. The van der Waals surface area contributed by atoms with Crippen molar-refractivity contribution in [2.45, 2.75) is 0 Å². The number of anilines is 1. The van der Waals surface area contributed by atoms with E-state index in [-0.39, 0.29) is 17.4 Å². The normalized spacial score (nSPS) is 10.5. The number of para-hydroxylation sites is 2. The molecule has 0 aliphatic heterocycles. The number of methoxy groups -OCH3 is 1. The van der Waals surface area contributed by atoms with Gasteiger partial charge >= 0.3 is 0 Å². The number of fused-ring (bicyclic) bond motifs is 1. The third-order valence-corrected chi connectivity index (χ3v) is 3.05. The van der Waals surface area contributed by atoms with Gasteiger partial charge in [0.2, 0.25) is 5.88 Å². The molecule has 0 unspecified atom stereocenters. The first kappa shape index (κ1) is 13.9. The molecule has 3 rings (SSSR count). The molecule has 1 heterocycles. The molecule has 0 aliphatic carbocycles. The number of halogens is 1. The van der Waals surface area contributed by atoms with Crippen molar-refractivity contribution >= 4 is 22.6 Å². The zero-order valence-electron chi connectivity index (χ0n) is 11.7. The molecule has 0 fully saturated rings. The standard InChI is InChI=1S/C16H12FN3O2/c1-22-16-14(19-12-4-2-3-5-13(12)20-16)15(21)18-11-8-6-10(17)7-9-11/h2-9H,1H3,(H,18,21). The van der Waals surface area contributed by atoms with Crippen LogP contribution in [0.25, 0.3) is 11.0 Å². The summed E-state index contributed by atoms with van der Waals surface area (Å²) in [5.74, 6) is -0.707. The minimum atomic E-state index is -0.471. The fourth-order valence-corrected chi connectivity index (χ4v) is 2.00. The highest BCUT2D eigenvalue weighted by Crippen LogP contribution is 2.20. The van der Waals surface area contributed by atoms with Crippen LogP contribution in [-0.2, 0) is 0 Å². The van der Waals surface area contributed by atoms with Gasteiger partial charge in [0, 0.05) is 5.69 Å². The van der Waals surface area contributed by atoms with Gasteiger partial charge in [-0.25, -0.2) is 14.4 Å². The van der Waals surface area contributed by atoms with Gasteiger partial charge in [-0.2, -0.15) is 0 Å². The summed E-state index contributed by atoms with van der Waals surface area (Å²) in [5, 5.41) is 2.64. The number of nitrogens with one attached hydrogen (secondary N) is 1. The highest BCUT2D eigenvalue weighted by Gasteiger charge is 2.17. The van der Waals surface area contributed by atoms with Crippen molar-refractivity contribution in [2.24, 2.45) is 0 Å². The van der Waals surface area contributed by atoms with Crippen molar-refractivity contribution in [2.75, 3.05) is 12.4 Å². The van der Waals surface area contributed by atoms with Crippen LogP contribution in [0.5, 0.6) is 5.88 Å². The molecule has 0 saturated carbocycles. The Hall–Kier alpha value is -3.02. The van der Waals surface area contributed by atoms with Crippen molar-refractivity contribution in [3.8, 4) is 5.88 Å². The van der Waals surface area contributed by atoms with Crippen molar-refractivity contribution < 1.29 is 13.9 Å². The second kappa shape index (κ2) is 5.77. The van der Waals surface area contributed by atoms with Crippen LogP contribution in [0.15, 0.2) is 48.5 Å². The third kappa shape index (κ3) is 2.71. The van der Waals surface area contributed by atoms with Crippen molar-refractivity contribution in [1.82, 2.24) is 9.97 Å². The summed E-state index contributed by atoms with van der Waals surface area (Å²) in [6.45, 7) is 0. The average molecular weight is 297 g/mol. The van der Waals surface area contributed by atoms with E-state index < -0.39 is 5.91 Å². The minimum absolute atomic E-state index is 0.0746. The van der Waals surface area contributed by atoms with Crippen LogP contribution in [-0.4, -0.2) is 23.0 Å². The van der Waals surface area contributed by atoms with Crippen LogP contribution < -0.4 is 10.1 Å². The molecule has 6 heteroatoms. The molecule has 0 spiro atoms. The van der Waals surface area contributed by atoms with Gasteiger partial charge in [-0.3, -0.25) is 4.79 Å². The predicted octanol–water partition coefficient (Wildman–Crippen LogP) is 3.03. The molecule has 5 nitrogen and oxygen atoms in total. The van der Waals surface area contributed by atoms with Crippen LogP contribution in [0, 0.1) is 5.82 Å². The van der Waals surface area contributed by atoms with Gasteiger partial charge in [-0.15, -0.1) is 0 Å². The van der Waals surface area contributed by atoms with Gasteiger partial charge in [-0.05, 0) is 36.4 Å². The zero-order valence-corrected chi connectivity index (χ0v) is 11.7. The highest BCUT2D eigenvalue weighted by molar-refractivity contribution is 6.05. The summed E-state index contributed by atoms with van der Waals surface area (Å²) >= 11 is 0. The molecule has 0 saturated heterocycles. The summed E-state index contributed by atoms with van der Waals surface area (Å²) in [6, 6.07) is 12.6. The van der Waals surface area contributed by atoms with E-state index in [4.69, 9.17) is 4.74 Å². The quantitative estimate of drug-likeness (QED) is 0.807. The van der Waals surface area contributed by atoms with E-state index in [0.29, 0.717) is 16.7 Å². The number of carbonyl (C=O) groups is 1. The van der Waals surface area contributed by atoms with E-state index in [1.54, 1.807) is 12.1 Å². The fraction of sp³-hybridized carbons (Fsp3) is 0.0625. The maximum absolute atomic E-state index is 12.9. The predicted molar refractivity (Wildman–Crippen MR) is 80.4 cm³/mol. The van der Waals surface area contributed by atoms with E-state index in [1.807, 2.05) is 12.1 Å². The SMILES string of the molecule is COc1nc2ccccc2nc1C(=O)Nc1ccc(F)cc1. The number of rotatable bonds is 3. The van der Waals surface area contributed by atoms with E-state index in [9.17, 15) is 9.18 Å². The summed E-state index contributed by atoms with van der Waals surface area (Å²) in [7, 11) is 1.42. The monoisotopic (exact) mass is 297 g/mol. The molecule has 0 radical (unpaired) electrons. The maximum atomic E-state index is 12.9. The second-order valence-corrected chi connectivity index (χ2v) is 4.53. The van der Waals surface area contributed by atoms with Gasteiger partial charge in [0.05, 0.1) is 18.1 Å². The summed E-state index contributed by atoms with van der Waals surface area (Å²) < 4.78 is 18.0. The lowest BCUT2D eigenvalue weighted by atomic mass is 10.2. The van der Waals surface area contributed by atoms with Gasteiger partial charge in [0.15, 0.2) is 5.69 Å². The Labute approximate surface area is 125 Å². The maximum Gasteiger partial charge on any atom is 0.279 e. The Bertz CT molecular complexity index is 834. The Morgan fingerprint density at radius 2 is 1.68 bits per heavy atom. The van der Waals surface area contributed by atoms with Crippen LogP contribution >= 0.6 is 0 Å². The van der Waals surface area contributed by atoms with Crippen molar-refractivity contribution in [3.63, 3.8) is 0 Å². The lowest BCUT2D eigenvalue weighted by Gasteiger charge is -2.09. The first-order chi connectivity index (χ1) is 10.7. The molecule has 2 aromatic carbocycles. The Kier molecular flexibility index (Phi) is 3.65. The fourth-order valence-electron chi connectivity index (χ4n) is 2.00. The van der Waals surface area contributed by atoms with Gasteiger partial charge < -0.3 is 10.1 Å². The Balaban J connectivity index is 1.97. The molecule has 1 amide bonds. The number of hydrogen-bond donors (Lipinski definition) is 1. The molecular weight excluding hydrogens is 285 g/mol. The number of aromatic nitrogens is 2. The number of carbonyl (C=O) groups excluding carboxylic acids is 1. The van der Waals surface area contributed by atoms with Crippen molar-refractivity contribution in [1.29, 1.82) is 0 Å². The van der Waals surface area contributed by atoms with Gasteiger partial charge in [0.25, 0.3) is 5.91 Å². The first-order valence-electron chi connectivity index (χ1n) is 6.55. The molecule has 0 aliphatic rings. The number of amides is 1. The number of benzene rings is 2. The molecular formula is C16H12FN3O2. The van der Waals surface area contributed by atoms with Gasteiger partial charge in [0.1, 0.15) is 5.82 Å². The van der Waals surface area contributed by atoms with Crippen LogP contribution in [0.1, 0.15) is 10.5 Å². The topological polar surface area (TPSA) is 64.1 Å². The summed E-state index contributed by atoms with van der Waals surface area (Å²) in [6.07, 6.45) is 0. The van der Waals surface area contributed by atoms with E-state index in [2.05, 4.69) is 15.3 Å². The third-order valence-electron chi connectivity index (χ3n) is 3.05. The number of nitrogens with zero attached hydrogens (tertiary/aromatic N) is 2. The van der Waals surface area contributed by atoms with Gasteiger partial charge in [-0.1, -0.05) is 12.1 Å². The average Bonchev–Trinajstić information content (AvgIpc) is 2.55. The van der Waals surface area contributed by atoms with Crippen LogP contribution in [0.3, 0.4) is 0 Å². The molecule has 0 bridgehead atoms. The molecule has 110 valence electrons. The number of ether oxygens (including phenoxy) is 1. The zero-order chi connectivity index (χ0) is 15.5. The summed E-state index contributed by atoms with van der Waals surface area (Å²) in [4.78, 5) is 20.9. The molecule has 1 aromatic heterocycles. The molecule has 3 aromatic rings. The minimum Gasteiger partial charge on any atom is -0.479 e. The molecule has 1 N–H and O–H groups in total. The Morgan fingerprint density at radius 1 is 1.05 bits per heavy atom. The lowest BCUT2D eigenvalue weighted by Crippen LogP contribution is -2.16. The van der Waals surface area contributed by atoms with E-state index in [1.165, 1.54) is 31.4 Å². The Morgan fingerprint density at radius 3 is 2.32 bits per heavy atom. The molecule has 22 heavy (non-hydrogen) atoms. The smallest absolute Gasteiger partial charge is 0.279 e. The largest absolute Gasteiger partial charge is 0.479 e. The first-order valence-corrected chi connectivity index (χ1v) is 6.55. The number of hydrogen-bond acceptors (Lipinski definition) is 4. The second-order valence-electron chi connectivity index (χ2n) is 4.53. The lowest BCUT2D eigenvalue weighted by molar-refractivity contribution is 0.101. The van der Waals surface area contributed by atoms with Crippen LogP contribution in [0.4, 0.5) is 10.1 Å². The molecule has 0 atom stereocenters. The van der Waals surface area contributed by atoms with E-state index >= 15 is 0 Å². The van der Waals surface area contributed by atoms with Crippen LogP contribution in [0.2, 0.25) is 0 Å². The van der Waals surface area contributed by atoms with E-state index in [0.717, 1.165) is 0 Å². The van der Waals surface area contributed by atoms with Crippen molar-refractivity contribution in [3.05, 3.63) is 60.0 Å².